The maximum atomic E-state index is 13.9. The van der Waals surface area contributed by atoms with Gasteiger partial charge in [-0.05, 0) is 12.1 Å². The lowest BCUT2D eigenvalue weighted by atomic mass is 10.1. The number of amides is 1. The first-order chi connectivity index (χ1) is 12.1. The van der Waals surface area contributed by atoms with Gasteiger partial charge in [0.25, 0.3) is 5.91 Å². The zero-order valence-electron chi connectivity index (χ0n) is 13.6. The van der Waals surface area contributed by atoms with Gasteiger partial charge >= 0.3 is 6.01 Å². The lowest BCUT2D eigenvalue weighted by Gasteiger charge is -2.32. The minimum absolute atomic E-state index is 0.0796. The lowest BCUT2D eigenvalue weighted by molar-refractivity contribution is 0.0582. The number of likely N-dealkylation sites (tertiary alicyclic amines) is 1. The molecule has 132 valence electrons. The van der Waals surface area contributed by atoms with E-state index in [1.165, 1.54) is 25.3 Å². The summed E-state index contributed by atoms with van der Waals surface area (Å²) in [5, 5.41) is 0.122. The van der Waals surface area contributed by atoms with Gasteiger partial charge in [0, 0.05) is 38.2 Å². The fourth-order valence-electron chi connectivity index (χ4n) is 2.70. The standard InChI is InChI=1S/C17H17ClFN3O3/c1-24-17-20-8-5-14(21-17)25-11-6-9-22(10-7-11)16(23)15-12(18)3-2-4-13(15)19/h2-5,8,11H,6-7,9-10H2,1H3. The number of piperidine rings is 1. The largest absolute Gasteiger partial charge is 0.474 e. The molecule has 0 unspecified atom stereocenters. The van der Waals surface area contributed by atoms with E-state index < -0.39 is 11.7 Å². The second kappa shape index (κ2) is 7.65. The highest BCUT2D eigenvalue weighted by Crippen LogP contribution is 2.24. The number of hydrogen-bond donors (Lipinski definition) is 0. The molecule has 1 aliphatic heterocycles. The number of ether oxygens (including phenoxy) is 2. The van der Waals surface area contributed by atoms with Crippen molar-refractivity contribution in [3.63, 3.8) is 0 Å². The molecule has 3 rings (SSSR count). The van der Waals surface area contributed by atoms with Crippen LogP contribution in [0.25, 0.3) is 0 Å². The third-order valence-electron chi connectivity index (χ3n) is 3.98. The summed E-state index contributed by atoms with van der Waals surface area (Å²) in [4.78, 5) is 22.1. The summed E-state index contributed by atoms with van der Waals surface area (Å²) >= 11 is 5.97. The molecular weight excluding hydrogens is 349 g/mol. The van der Waals surface area contributed by atoms with Crippen molar-refractivity contribution >= 4 is 17.5 Å². The number of aromatic nitrogens is 2. The highest BCUT2D eigenvalue weighted by Gasteiger charge is 2.27. The molecule has 0 atom stereocenters. The highest BCUT2D eigenvalue weighted by molar-refractivity contribution is 6.33. The zero-order valence-corrected chi connectivity index (χ0v) is 14.4. The highest BCUT2D eigenvalue weighted by atomic mass is 35.5. The number of hydrogen-bond acceptors (Lipinski definition) is 5. The molecular formula is C17H17ClFN3O3. The molecule has 6 nitrogen and oxygen atoms in total. The summed E-state index contributed by atoms with van der Waals surface area (Å²) in [7, 11) is 1.48. The van der Waals surface area contributed by atoms with E-state index in [1.807, 2.05) is 0 Å². The Kier molecular flexibility index (Phi) is 5.33. The van der Waals surface area contributed by atoms with Crippen molar-refractivity contribution in [2.45, 2.75) is 18.9 Å². The molecule has 0 saturated carbocycles. The van der Waals surface area contributed by atoms with E-state index in [2.05, 4.69) is 9.97 Å². The molecule has 1 saturated heterocycles. The van der Waals surface area contributed by atoms with Crippen LogP contribution in [0.3, 0.4) is 0 Å². The van der Waals surface area contributed by atoms with Crippen molar-refractivity contribution < 1.29 is 18.7 Å². The number of rotatable bonds is 4. The van der Waals surface area contributed by atoms with Crippen molar-refractivity contribution in [2.24, 2.45) is 0 Å². The third-order valence-corrected chi connectivity index (χ3v) is 4.30. The lowest BCUT2D eigenvalue weighted by Crippen LogP contribution is -2.42. The number of methoxy groups -OCH3 is 1. The topological polar surface area (TPSA) is 64.6 Å². The molecule has 1 aromatic heterocycles. The van der Waals surface area contributed by atoms with Gasteiger partial charge in [-0.15, -0.1) is 0 Å². The maximum Gasteiger partial charge on any atom is 0.319 e. The van der Waals surface area contributed by atoms with Crippen LogP contribution in [-0.4, -0.2) is 47.1 Å². The van der Waals surface area contributed by atoms with Crippen molar-refractivity contribution in [2.75, 3.05) is 20.2 Å². The normalized spacial score (nSPS) is 15.1. The van der Waals surface area contributed by atoms with Gasteiger partial charge in [0.1, 0.15) is 11.9 Å². The van der Waals surface area contributed by atoms with E-state index in [-0.39, 0.29) is 22.7 Å². The van der Waals surface area contributed by atoms with Gasteiger partial charge in [-0.3, -0.25) is 4.79 Å². The average Bonchev–Trinajstić information content (AvgIpc) is 2.62. The fourth-order valence-corrected chi connectivity index (χ4v) is 2.94. The van der Waals surface area contributed by atoms with Crippen LogP contribution >= 0.6 is 11.6 Å². The molecule has 1 aliphatic rings. The van der Waals surface area contributed by atoms with Gasteiger partial charge < -0.3 is 14.4 Å². The van der Waals surface area contributed by atoms with Gasteiger partial charge in [0.2, 0.25) is 5.88 Å². The number of carbonyl (C=O) groups is 1. The van der Waals surface area contributed by atoms with Crippen LogP contribution in [0.1, 0.15) is 23.2 Å². The molecule has 2 aromatic rings. The van der Waals surface area contributed by atoms with Crippen molar-refractivity contribution in [1.29, 1.82) is 0 Å². The first-order valence-electron chi connectivity index (χ1n) is 7.85. The minimum Gasteiger partial charge on any atom is -0.474 e. The van der Waals surface area contributed by atoms with Crippen molar-refractivity contribution in [1.82, 2.24) is 14.9 Å². The molecule has 0 spiro atoms. The summed E-state index contributed by atoms with van der Waals surface area (Å²) in [6.45, 7) is 0.909. The molecule has 0 radical (unpaired) electrons. The van der Waals surface area contributed by atoms with Gasteiger partial charge in [-0.2, -0.15) is 4.98 Å². The summed E-state index contributed by atoms with van der Waals surface area (Å²) in [6, 6.07) is 6.11. The van der Waals surface area contributed by atoms with Gasteiger partial charge in [-0.25, -0.2) is 9.37 Å². The van der Waals surface area contributed by atoms with E-state index >= 15 is 0 Å². The third kappa shape index (κ3) is 3.99. The number of carbonyl (C=O) groups excluding carboxylic acids is 1. The number of nitrogens with zero attached hydrogens (tertiary/aromatic N) is 3. The van der Waals surface area contributed by atoms with Crippen LogP contribution in [0.4, 0.5) is 4.39 Å². The molecule has 0 N–H and O–H groups in total. The molecule has 0 aliphatic carbocycles. The number of benzene rings is 1. The van der Waals surface area contributed by atoms with Crippen LogP contribution in [0.2, 0.25) is 5.02 Å². The molecule has 8 heteroatoms. The van der Waals surface area contributed by atoms with E-state index in [1.54, 1.807) is 17.2 Å². The Bertz CT molecular complexity index is 746. The molecule has 0 bridgehead atoms. The Balaban J connectivity index is 1.61. The smallest absolute Gasteiger partial charge is 0.319 e. The van der Waals surface area contributed by atoms with Gasteiger partial charge in [0.05, 0.1) is 17.7 Å². The van der Waals surface area contributed by atoms with E-state index in [9.17, 15) is 9.18 Å². The number of halogens is 2. The first kappa shape index (κ1) is 17.4. The van der Waals surface area contributed by atoms with Gasteiger partial charge in [0.15, 0.2) is 0 Å². The summed E-state index contributed by atoms with van der Waals surface area (Å²) in [5.74, 6) is -0.581. The minimum atomic E-state index is -0.607. The molecule has 2 heterocycles. The molecule has 1 fully saturated rings. The zero-order chi connectivity index (χ0) is 17.8. The SMILES string of the molecule is COc1nccc(OC2CCN(C(=O)c3c(F)cccc3Cl)CC2)n1. The second-order valence-electron chi connectivity index (χ2n) is 5.59. The van der Waals surface area contributed by atoms with Crippen LogP contribution in [0.15, 0.2) is 30.5 Å². The predicted molar refractivity (Wildman–Crippen MR) is 89.5 cm³/mol. The van der Waals surface area contributed by atoms with E-state index in [0.29, 0.717) is 31.8 Å². The molecule has 25 heavy (non-hydrogen) atoms. The van der Waals surface area contributed by atoms with Crippen molar-refractivity contribution in [3.05, 3.63) is 46.9 Å². The summed E-state index contributed by atoms with van der Waals surface area (Å²) in [5.41, 5.74) is -0.0796. The Morgan fingerprint density at radius 2 is 2.08 bits per heavy atom. The Morgan fingerprint density at radius 3 is 2.76 bits per heavy atom. The Labute approximate surface area is 149 Å². The predicted octanol–water partition coefficient (Wildman–Crippen LogP) is 2.96. The Morgan fingerprint density at radius 1 is 1.32 bits per heavy atom. The monoisotopic (exact) mass is 365 g/mol. The van der Waals surface area contributed by atoms with Crippen molar-refractivity contribution in [3.8, 4) is 11.9 Å². The van der Waals surface area contributed by atoms with Gasteiger partial charge in [-0.1, -0.05) is 17.7 Å². The van der Waals surface area contributed by atoms with Crippen LogP contribution in [-0.2, 0) is 0 Å². The summed E-state index contributed by atoms with van der Waals surface area (Å²) < 4.78 is 24.7. The summed E-state index contributed by atoms with van der Waals surface area (Å²) in [6.07, 6.45) is 2.70. The van der Waals surface area contributed by atoms with Crippen LogP contribution < -0.4 is 9.47 Å². The maximum absolute atomic E-state index is 13.9. The van der Waals surface area contributed by atoms with E-state index in [4.69, 9.17) is 21.1 Å². The van der Waals surface area contributed by atoms with Crippen LogP contribution in [0, 0.1) is 5.82 Å². The average molecular weight is 366 g/mol. The van der Waals surface area contributed by atoms with Crippen LogP contribution in [0.5, 0.6) is 11.9 Å². The quantitative estimate of drug-likeness (QED) is 0.833. The fraction of sp³-hybridized carbons (Fsp3) is 0.353. The second-order valence-corrected chi connectivity index (χ2v) is 5.99. The first-order valence-corrected chi connectivity index (χ1v) is 8.23. The Hall–Kier alpha value is -2.41. The molecule has 1 aromatic carbocycles. The van der Waals surface area contributed by atoms with E-state index in [0.717, 1.165) is 0 Å². The molecule has 1 amide bonds.